The van der Waals surface area contributed by atoms with Crippen LogP contribution < -0.4 is 5.73 Å². The van der Waals surface area contributed by atoms with Crippen molar-refractivity contribution < 1.29 is 4.74 Å². The lowest BCUT2D eigenvalue weighted by Gasteiger charge is -2.24. The van der Waals surface area contributed by atoms with Gasteiger partial charge in [-0.15, -0.1) is 24.8 Å². The van der Waals surface area contributed by atoms with Crippen LogP contribution in [0, 0.1) is 11.3 Å². The largest absolute Gasteiger partial charge is 0.376 e. The minimum Gasteiger partial charge on any atom is -0.376 e. The van der Waals surface area contributed by atoms with Crippen LogP contribution in [-0.2, 0) is 4.74 Å². The number of nitrogens with zero attached hydrogens (tertiary/aromatic N) is 1. The summed E-state index contributed by atoms with van der Waals surface area (Å²) in [4.78, 5) is 0. The maximum absolute atomic E-state index is 8.32. The van der Waals surface area contributed by atoms with E-state index < -0.39 is 0 Å². The molecule has 0 aromatic rings. The van der Waals surface area contributed by atoms with E-state index in [9.17, 15) is 0 Å². The highest BCUT2D eigenvalue weighted by Gasteiger charge is 2.17. The first-order chi connectivity index (χ1) is 4.83. The molecule has 0 aromatic carbocycles. The predicted molar refractivity (Wildman–Crippen MR) is 51.7 cm³/mol. The Kier molecular flexibility index (Phi) is 9.23. The number of hydrogen-bond donors (Lipinski definition) is 1. The second-order valence-corrected chi connectivity index (χ2v) is 2.66. The molecule has 0 unspecified atom stereocenters. The van der Waals surface area contributed by atoms with Crippen LogP contribution >= 0.6 is 24.8 Å². The molecule has 1 saturated heterocycles. The third-order valence-electron chi connectivity index (χ3n) is 1.72. The zero-order chi connectivity index (χ0) is 7.40. The van der Waals surface area contributed by atoms with Gasteiger partial charge in [0.15, 0.2) is 0 Å². The zero-order valence-electron chi connectivity index (χ0n) is 6.73. The van der Waals surface area contributed by atoms with Gasteiger partial charge in [-0.1, -0.05) is 0 Å². The first kappa shape index (κ1) is 14.5. The molecule has 0 amide bonds. The summed E-state index contributed by atoms with van der Waals surface area (Å²) in [5.74, 6) is 0. The van der Waals surface area contributed by atoms with Crippen LogP contribution in [0.3, 0.4) is 0 Å². The molecule has 5 heteroatoms. The Bertz CT molecular complexity index is 141. The summed E-state index contributed by atoms with van der Waals surface area (Å²) in [7, 11) is 0. The number of nitrogens with two attached hydrogens (primary N) is 1. The monoisotopic (exact) mass is 212 g/mol. The second-order valence-electron chi connectivity index (χ2n) is 2.66. The second kappa shape index (κ2) is 7.63. The topological polar surface area (TPSA) is 59.0 Å². The Morgan fingerprint density at radius 1 is 1.42 bits per heavy atom. The summed E-state index contributed by atoms with van der Waals surface area (Å²) in [6.07, 6.45) is 2.58. The van der Waals surface area contributed by atoms with Crippen LogP contribution in [0.25, 0.3) is 0 Å². The van der Waals surface area contributed by atoms with Crippen molar-refractivity contribution in [2.75, 3.05) is 6.61 Å². The van der Waals surface area contributed by atoms with E-state index in [-0.39, 0.29) is 37.0 Å². The average molecular weight is 213 g/mol. The molecule has 2 atom stereocenters. The molecule has 12 heavy (non-hydrogen) atoms. The van der Waals surface area contributed by atoms with Crippen LogP contribution in [0.15, 0.2) is 0 Å². The van der Waals surface area contributed by atoms with E-state index in [1.54, 1.807) is 0 Å². The molecule has 2 N–H and O–H groups in total. The van der Waals surface area contributed by atoms with Crippen molar-refractivity contribution in [3.8, 4) is 6.07 Å². The van der Waals surface area contributed by atoms with Crippen LogP contribution in [0.1, 0.15) is 19.3 Å². The molecule has 1 aliphatic heterocycles. The fourth-order valence-corrected chi connectivity index (χ4v) is 1.09. The van der Waals surface area contributed by atoms with Crippen molar-refractivity contribution >= 4 is 24.8 Å². The average Bonchev–Trinajstić information content (AvgIpc) is 1.95. The molecule has 0 saturated carbocycles. The minimum atomic E-state index is 0. The van der Waals surface area contributed by atoms with Crippen LogP contribution in [-0.4, -0.2) is 18.8 Å². The number of halogens is 2. The van der Waals surface area contributed by atoms with Crippen molar-refractivity contribution in [3.63, 3.8) is 0 Å². The van der Waals surface area contributed by atoms with Gasteiger partial charge in [0.25, 0.3) is 0 Å². The van der Waals surface area contributed by atoms with Gasteiger partial charge in [-0.2, -0.15) is 5.26 Å². The van der Waals surface area contributed by atoms with Gasteiger partial charge in [0, 0.05) is 6.04 Å². The quantitative estimate of drug-likeness (QED) is 0.713. The van der Waals surface area contributed by atoms with E-state index in [2.05, 4.69) is 6.07 Å². The Labute approximate surface area is 85.1 Å². The van der Waals surface area contributed by atoms with Gasteiger partial charge in [0.1, 0.15) is 0 Å². The molecule has 3 nitrogen and oxygen atoms in total. The highest BCUT2D eigenvalue weighted by atomic mass is 35.5. The predicted octanol–water partition coefficient (Wildman–Crippen LogP) is 1.25. The van der Waals surface area contributed by atoms with Crippen molar-refractivity contribution in [3.05, 3.63) is 0 Å². The standard InChI is InChI=1S/C7H12N2O.2ClH/c8-4-3-7-2-1-6(9)5-10-7;;/h6-7H,1-3,5,9H2;2*1H/t6-,7-;;/m0../s1. The highest BCUT2D eigenvalue weighted by molar-refractivity contribution is 5.85. The molecular formula is C7H14Cl2N2O. The lowest BCUT2D eigenvalue weighted by molar-refractivity contribution is 0.00864. The van der Waals surface area contributed by atoms with Gasteiger partial charge in [0.05, 0.1) is 25.2 Å². The fraction of sp³-hybridized carbons (Fsp3) is 0.857. The summed E-state index contributed by atoms with van der Waals surface area (Å²) in [5.41, 5.74) is 5.59. The Hall–Kier alpha value is -0.0100. The number of nitriles is 1. The van der Waals surface area contributed by atoms with E-state index >= 15 is 0 Å². The number of rotatable bonds is 1. The van der Waals surface area contributed by atoms with Gasteiger partial charge in [-0.25, -0.2) is 0 Å². The third-order valence-corrected chi connectivity index (χ3v) is 1.72. The maximum Gasteiger partial charge on any atom is 0.0706 e. The molecule has 1 fully saturated rings. The zero-order valence-corrected chi connectivity index (χ0v) is 8.37. The number of hydrogen-bond acceptors (Lipinski definition) is 3. The van der Waals surface area contributed by atoms with Gasteiger partial charge in [0.2, 0.25) is 0 Å². The Morgan fingerprint density at radius 3 is 2.50 bits per heavy atom. The van der Waals surface area contributed by atoms with Gasteiger partial charge >= 0.3 is 0 Å². The lowest BCUT2D eigenvalue weighted by atomic mass is 10.0. The van der Waals surface area contributed by atoms with E-state index in [0.29, 0.717) is 13.0 Å². The van der Waals surface area contributed by atoms with E-state index in [1.165, 1.54) is 0 Å². The molecule has 0 spiro atoms. The number of ether oxygens (including phenoxy) is 1. The molecule has 1 rings (SSSR count). The Balaban J connectivity index is 0. The summed E-state index contributed by atoms with van der Waals surface area (Å²) in [6, 6.07) is 2.28. The van der Waals surface area contributed by atoms with E-state index in [0.717, 1.165) is 12.8 Å². The fourth-order valence-electron chi connectivity index (χ4n) is 1.09. The van der Waals surface area contributed by atoms with Gasteiger partial charge in [-0.3, -0.25) is 0 Å². The summed E-state index contributed by atoms with van der Waals surface area (Å²) < 4.78 is 5.28. The van der Waals surface area contributed by atoms with E-state index in [1.807, 2.05) is 0 Å². The van der Waals surface area contributed by atoms with Gasteiger partial charge < -0.3 is 10.5 Å². The van der Waals surface area contributed by atoms with Crippen molar-refractivity contribution in [2.24, 2.45) is 5.73 Å². The lowest BCUT2D eigenvalue weighted by Crippen LogP contribution is -2.35. The molecule has 1 aliphatic rings. The molecule has 1 heterocycles. The third kappa shape index (κ3) is 4.78. The maximum atomic E-state index is 8.32. The SMILES string of the molecule is Cl.Cl.N#CC[C@@H]1CC[C@H](N)CO1. The summed E-state index contributed by atoms with van der Waals surface area (Å²) in [5, 5.41) is 8.32. The molecular weight excluding hydrogens is 199 g/mol. The van der Waals surface area contributed by atoms with Crippen LogP contribution in [0.4, 0.5) is 0 Å². The van der Waals surface area contributed by atoms with Crippen molar-refractivity contribution in [2.45, 2.75) is 31.4 Å². The van der Waals surface area contributed by atoms with Gasteiger partial charge in [-0.05, 0) is 12.8 Å². The van der Waals surface area contributed by atoms with E-state index in [4.69, 9.17) is 15.7 Å². The van der Waals surface area contributed by atoms with Crippen molar-refractivity contribution in [1.82, 2.24) is 0 Å². The minimum absolute atomic E-state index is 0. The molecule has 0 aliphatic carbocycles. The summed E-state index contributed by atoms with van der Waals surface area (Å²) >= 11 is 0. The molecule has 0 bridgehead atoms. The van der Waals surface area contributed by atoms with Crippen LogP contribution in [0.5, 0.6) is 0 Å². The first-order valence-corrected chi connectivity index (χ1v) is 3.57. The molecule has 72 valence electrons. The van der Waals surface area contributed by atoms with Crippen LogP contribution in [0.2, 0.25) is 0 Å². The highest BCUT2D eigenvalue weighted by Crippen LogP contribution is 2.13. The van der Waals surface area contributed by atoms with Crippen molar-refractivity contribution in [1.29, 1.82) is 5.26 Å². The normalized spacial score (nSPS) is 27.7. The first-order valence-electron chi connectivity index (χ1n) is 3.57. The smallest absolute Gasteiger partial charge is 0.0706 e. The summed E-state index contributed by atoms with van der Waals surface area (Å²) in [6.45, 7) is 0.617. The Morgan fingerprint density at radius 2 is 2.08 bits per heavy atom. The molecule has 0 radical (unpaired) electrons. The molecule has 0 aromatic heterocycles.